The van der Waals surface area contributed by atoms with Gasteiger partial charge in [-0.05, 0) is 66.8 Å². The van der Waals surface area contributed by atoms with Gasteiger partial charge in [0.25, 0.3) is 0 Å². The van der Waals surface area contributed by atoms with Crippen molar-refractivity contribution < 1.29 is 18.3 Å². The zero-order valence-corrected chi connectivity index (χ0v) is 29.5. The van der Waals surface area contributed by atoms with Crippen LogP contribution in [0.5, 0.6) is 5.75 Å². The van der Waals surface area contributed by atoms with Gasteiger partial charge in [0.1, 0.15) is 5.75 Å². The predicted octanol–water partition coefficient (Wildman–Crippen LogP) is 9.79. The van der Waals surface area contributed by atoms with Gasteiger partial charge in [0, 0.05) is 18.4 Å². The van der Waals surface area contributed by atoms with Gasteiger partial charge in [-0.3, -0.25) is 0 Å². The van der Waals surface area contributed by atoms with Crippen molar-refractivity contribution >= 4 is 16.6 Å². The Labute approximate surface area is 243 Å². The lowest BCUT2D eigenvalue weighted by Crippen LogP contribution is -2.48. The van der Waals surface area contributed by atoms with E-state index in [9.17, 15) is 0 Å². The summed E-state index contributed by atoms with van der Waals surface area (Å²) in [5.41, 5.74) is 1.14. The fourth-order valence-corrected chi connectivity index (χ4v) is 6.61. The number of ether oxygens (including phenoxy) is 2. The highest BCUT2D eigenvalue weighted by atomic mass is 28.4. The van der Waals surface area contributed by atoms with Gasteiger partial charge >= 0.3 is 0 Å². The van der Waals surface area contributed by atoms with Crippen LogP contribution in [-0.2, 0) is 20.2 Å². The molecule has 1 rings (SSSR count). The topological polar surface area (TPSA) is 36.9 Å². The van der Waals surface area contributed by atoms with Crippen LogP contribution in [0.4, 0.5) is 0 Å². The van der Waals surface area contributed by atoms with E-state index in [1.54, 1.807) is 7.11 Å². The second-order valence-electron chi connectivity index (χ2n) is 14.1. The quantitative estimate of drug-likeness (QED) is 0.111. The van der Waals surface area contributed by atoms with Gasteiger partial charge in [0.15, 0.2) is 16.6 Å². The SMILES string of the molecule is C=C/C=C\[C@H](C)[C@H](OCc1ccc(OC)cc1)[C@@H](C)[C@@H](CCCO[Si](C)(C)C(C)(C)C)O[Si](C)(C)C(C)(C)C. The molecule has 1 aromatic carbocycles. The minimum absolute atomic E-state index is 0.000575. The maximum Gasteiger partial charge on any atom is 0.192 e. The molecule has 0 aliphatic carbocycles. The average molecular weight is 577 g/mol. The van der Waals surface area contributed by atoms with E-state index < -0.39 is 16.6 Å². The van der Waals surface area contributed by atoms with Crippen molar-refractivity contribution in [2.45, 2.75) is 123 Å². The van der Waals surface area contributed by atoms with Crippen LogP contribution in [0.1, 0.15) is 73.8 Å². The largest absolute Gasteiger partial charge is 0.497 e. The standard InChI is InChI=1S/C33H60O4Si2/c1-15-16-18-26(2)31(35-25-28-20-22-29(34-10)23-21-28)27(3)30(37-39(13,14)33(7,8)9)19-17-24-36-38(11,12)32(4,5)6/h15-16,18,20-23,26-27,30-31H,1,17,19,24-25H2,2-14H3/b18-16-/t26-,27-,30+,31-/m0/s1. The summed E-state index contributed by atoms with van der Waals surface area (Å²) in [5, 5.41) is 0.348. The molecular weight excluding hydrogens is 517 g/mol. The third-order valence-electron chi connectivity index (χ3n) is 8.93. The molecule has 0 bridgehead atoms. The normalized spacial score (nSPS) is 16.6. The minimum atomic E-state index is -2.00. The molecule has 0 aliphatic rings. The van der Waals surface area contributed by atoms with Crippen molar-refractivity contribution in [3.8, 4) is 5.75 Å². The molecule has 6 heteroatoms. The second-order valence-corrected chi connectivity index (χ2v) is 23.7. The number of methoxy groups -OCH3 is 1. The van der Waals surface area contributed by atoms with Gasteiger partial charge in [-0.1, -0.05) is 92.3 Å². The molecule has 0 spiro atoms. The number of benzene rings is 1. The number of rotatable bonds is 16. The molecule has 4 atom stereocenters. The average Bonchev–Trinajstić information content (AvgIpc) is 2.83. The summed E-state index contributed by atoms with van der Waals surface area (Å²) >= 11 is 0. The maximum atomic E-state index is 7.14. The van der Waals surface area contributed by atoms with Crippen LogP contribution in [-0.4, -0.2) is 42.6 Å². The molecule has 0 fully saturated rings. The molecule has 224 valence electrons. The van der Waals surface area contributed by atoms with Gasteiger partial charge in [-0.2, -0.15) is 0 Å². The molecule has 0 aliphatic heterocycles. The van der Waals surface area contributed by atoms with Crippen LogP contribution >= 0.6 is 0 Å². The molecule has 0 saturated carbocycles. The first-order valence-electron chi connectivity index (χ1n) is 14.7. The van der Waals surface area contributed by atoms with E-state index in [2.05, 4.69) is 106 Å². The lowest BCUT2D eigenvalue weighted by molar-refractivity contribution is -0.0548. The lowest BCUT2D eigenvalue weighted by atomic mass is 9.87. The second kappa shape index (κ2) is 15.2. The van der Waals surface area contributed by atoms with Gasteiger partial charge in [-0.15, -0.1) is 0 Å². The van der Waals surface area contributed by atoms with Crippen LogP contribution in [0.15, 0.2) is 49.1 Å². The fourth-order valence-electron chi connectivity index (χ4n) is 4.08. The van der Waals surface area contributed by atoms with Crippen molar-refractivity contribution in [3.05, 3.63) is 54.6 Å². The highest BCUT2D eigenvalue weighted by molar-refractivity contribution is 6.74. The third kappa shape index (κ3) is 11.3. The summed E-state index contributed by atoms with van der Waals surface area (Å²) < 4.78 is 25.7. The monoisotopic (exact) mass is 576 g/mol. The van der Waals surface area contributed by atoms with E-state index in [0.717, 1.165) is 30.8 Å². The van der Waals surface area contributed by atoms with E-state index in [-0.39, 0.29) is 34.1 Å². The molecular formula is C33H60O4Si2. The van der Waals surface area contributed by atoms with Crippen molar-refractivity contribution in [3.63, 3.8) is 0 Å². The third-order valence-corrected chi connectivity index (χ3v) is 18.0. The van der Waals surface area contributed by atoms with E-state index >= 15 is 0 Å². The summed E-state index contributed by atoms with van der Waals surface area (Å²) in [4.78, 5) is 0. The van der Waals surface area contributed by atoms with Crippen LogP contribution in [0.25, 0.3) is 0 Å². The minimum Gasteiger partial charge on any atom is -0.497 e. The molecule has 0 saturated heterocycles. The van der Waals surface area contributed by atoms with Crippen molar-refractivity contribution in [2.24, 2.45) is 11.8 Å². The summed E-state index contributed by atoms with van der Waals surface area (Å²) in [5.74, 6) is 1.27. The molecule has 0 amide bonds. The lowest BCUT2D eigenvalue weighted by Gasteiger charge is -2.43. The van der Waals surface area contributed by atoms with E-state index in [1.807, 2.05) is 24.3 Å². The van der Waals surface area contributed by atoms with E-state index in [4.69, 9.17) is 18.3 Å². The number of hydrogen-bond acceptors (Lipinski definition) is 4. The summed E-state index contributed by atoms with van der Waals surface area (Å²) in [6, 6.07) is 8.13. The van der Waals surface area contributed by atoms with Gasteiger partial charge in [0.2, 0.25) is 0 Å². The molecule has 1 aromatic rings. The van der Waals surface area contributed by atoms with Crippen LogP contribution in [0.2, 0.25) is 36.3 Å². The Morgan fingerprint density at radius 2 is 1.46 bits per heavy atom. The first-order chi connectivity index (χ1) is 17.9. The smallest absolute Gasteiger partial charge is 0.192 e. The van der Waals surface area contributed by atoms with E-state index in [0.29, 0.717) is 6.61 Å². The van der Waals surface area contributed by atoms with Crippen molar-refractivity contribution in [1.82, 2.24) is 0 Å². The molecule has 39 heavy (non-hydrogen) atoms. The van der Waals surface area contributed by atoms with Crippen molar-refractivity contribution in [1.29, 1.82) is 0 Å². The maximum absolute atomic E-state index is 7.14. The van der Waals surface area contributed by atoms with E-state index in [1.165, 1.54) is 0 Å². The van der Waals surface area contributed by atoms with Crippen LogP contribution in [0.3, 0.4) is 0 Å². The Morgan fingerprint density at radius 3 is 1.95 bits per heavy atom. The van der Waals surface area contributed by atoms with Crippen molar-refractivity contribution in [2.75, 3.05) is 13.7 Å². The number of hydrogen-bond donors (Lipinski definition) is 0. The molecule has 0 unspecified atom stereocenters. The Bertz CT molecular complexity index is 878. The zero-order valence-electron chi connectivity index (χ0n) is 27.5. The fraction of sp³-hybridized carbons (Fsp3) is 0.697. The van der Waals surface area contributed by atoms with Gasteiger partial charge in [0.05, 0.1) is 25.9 Å². The molecule has 0 radical (unpaired) electrons. The Hall–Kier alpha value is -1.19. The highest BCUT2D eigenvalue weighted by Crippen LogP contribution is 2.40. The van der Waals surface area contributed by atoms with Crippen LogP contribution < -0.4 is 4.74 Å². The zero-order chi connectivity index (χ0) is 30.1. The van der Waals surface area contributed by atoms with Gasteiger partial charge in [-0.25, -0.2) is 0 Å². The molecule has 0 heterocycles. The molecule has 0 N–H and O–H groups in total. The number of allylic oxidation sites excluding steroid dienone is 2. The first-order valence-corrected chi connectivity index (χ1v) is 20.5. The van der Waals surface area contributed by atoms with Gasteiger partial charge < -0.3 is 18.3 Å². The first kappa shape index (κ1) is 35.8. The Kier molecular flexibility index (Phi) is 13.9. The summed E-state index contributed by atoms with van der Waals surface area (Å²) in [6.07, 6.45) is 8.10. The summed E-state index contributed by atoms with van der Waals surface area (Å²) in [6.45, 7) is 33.0. The Balaban J connectivity index is 3.18. The molecule has 4 nitrogen and oxygen atoms in total. The highest BCUT2D eigenvalue weighted by Gasteiger charge is 2.42. The van der Waals surface area contributed by atoms with Crippen LogP contribution in [0, 0.1) is 11.8 Å². The molecule has 0 aromatic heterocycles. The predicted molar refractivity (Wildman–Crippen MR) is 174 cm³/mol. The summed E-state index contributed by atoms with van der Waals surface area (Å²) in [7, 11) is -2.08. The Morgan fingerprint density at radius 1 is 0.897 bits per heavy atom.